The van der Waals surface area contributed by atoms with Crippen LogP contribution >= 0.6 is 0 Å². The van der Waals surface area contributed by atoms with E-state index in [2.05, 4.69) is 13.0 Å². The number of ether oxygens (including phenoxy) is 1. The summed E-state index contributed by atoms with van der Waals surface area (Å²) in [6.07, 6.45) is 12.4. The maximum Gasteiger partial charge on any atom is 0.258 e. The van der Waals surface area contributed by atoms with Crippen molar-refractivity contribution in [2.45, 2.75) is 58.3 Å². The summed E-state index contributed by atoms with van der Waals surface area (Å²) in [5.41, 5.74) is 1.62. The number of para-hydroxylation sites is 3. The first-order chi connectivity index (χ1) is 14.2. The Hall–Kier alpha value is -2.88. The van der Waals surface area contributed by atoms with Gasteiger partial charge in [-0.2, -0.15) is 0 Å². The average Bonchev–Trinajstić information content (AvgIpc) is 3.07. The highest BCUT2D eigenvalue weighted by molar-refractivity contribution is 6.28. The molecule has 2 amide bonds. The van der Waals surface area contributed by atoms with Gasteiger partial charge in [0.1, 0.15) is 5.75 Å². The summed E-state index contributed by atoms with van der Waals surface area (Å²) >= 11 is 0. The molecule has 0 atom stereocenters. The maximum absolute atomic E-state index is 12.1. The minimum atomic E-state index is -0.345. The molecule has 3 rings (SSSR count). The maximum atomic E-state index is 12.1. The van der Waals surface area contributed by atoms with Crippen LogP contribution in [-0.4, -0.2) is 11.8 Å². The summed E-state index contributed by atoms with van der Waals surface area (Å²) in [4.78, 5) is 25.3. The van der Waals surface area contributed by atoms with E-state index >= 15 is 0 Å². The zero-order valence-electron chi connectivity index (χ0n) is 17.1. The highest BCUT2D eigenvalue weighted by atomic mass is 16.5. The van der Waals surface area contributed by atoms with Crippen LogP contribution in [-0.2, 0) is 16.0 Å². The highest BCUT2D eigenvalue weighted by Gasteiger charge is 2.27. The molecule has 0 fully saturated rings. The van der Waals surface area contributed by atoms with Crippen LogP contribution in [0.25, 0.3) is 0 Å². The van der Waals surface area contributed by atoms with Crippen LogP contribution in [0.1, 0.15) is 57.4 Å². The Morgan fingerprint density at radius 1 is 0.724 bits per heavy atom. The number of carbonyl (C=O) groups excluding carboxylic acids is 2. The van der Waals surface area contributed by atoms with Gasteiger partial charge in [0.2, 0.25) is 0 Å². The first-order valence-corrected chi connectivity index (χ1v) is 10.6. The first kappa shape index (κ1) is 20.8. The average molecular weight is 392 g/mol. The smallest absolute Gasteiger partial charge is 0.258 e. The third-order valence-electron chi connectivity index (χ3n) is 5.16. The zero-order valence-corrected chi connectivity index (χ0v) is 17.1. The lowest BCUT2D eigenvalue weighted by atomic mass is 10.0. The number of imide groups is 1. The molecule has 0 unspecified atom stereocenters. The van der Waals surface area contributed by atoms with Gasteiger partial charge < -0.3 is 4.74 Å². The monoisotopic (exact) mass is 391 g/mol. The molecule has 2 aromatic carbocycles. The van der Waals surface area contributed by atoms with Crippen LogP contribution in [0.5, 0.6) is 11.5 Å². The van der Waals surface area contributed by atoms with Crippen molar-refractivity contribution in [3.63, 3.8) is 0 Å². The van der Waals surface area contributed by atoms with Crippen LogP contribution in [0, 0.1) is 0 Å². The van der Waals surface area contributed by atoms with Crippen LogP contribution in [0.2, 0.25) is 0 Å². The van der Waals surface area contributed by atoms with Crippen molar-refractivity contribution in [3.05, 3.63) is 66.2 Å². The number of anilines is 1. The van der Waals surface area contributed by atoms with E-state index in [-0.39, 0.29) is 11.8 Å². The highest BCUT2D eigenvalue weighted by Crippen LogP contribution is 2.35. The molecule has 4 heteroatoms. The molecule has 0 N–H and O–H groups in total. The van der Waals surface area contributed by atoms with Gasteiger partial charge in [-0.3, -0.25) is 9.59 Å². The summed E-state index contributed by atoms with van der Waals surface area (Å²) in [5.74, 6) is 0.590. The molecule has 1 heterocycles. The zero-order chi connectivity index (χ0) is 20.5. The molecule has 0 saturated carbocycles. The first-order valence-electron chi connectivity index (χ1n) is 10.6. The molecule has 1 aliphatic heterocycles. The number of benzene rings is 2. The van der Waals surface area contributed by atoms with Crippen LogP contribution in [0.15, 0.2) is 60.7 Å². The predicted octanol–water partition coefficient (Wildman–Crippen LogP) is 6.20. The van der Waals surface area contributed by atoms with Crippen molar-refractivity contribution in [2.24, 2.45) is 0 Å². The fourth-order valence-electron chi connectivity index (χ4n) is 3.57. The molecular weight excluding hydrogens is 362 g/mol. The van der Waals surface area contributed by atoms with E-state index in [0.717, 1.165) is 29.1 Å². The SMILES string of the molecule is CCCCCCCCCc1ccccc1Oc1ccccc1N1C(=O)C=CC1=O. The molecule has 152 valence electrons. The largest absolute Gasteiger partial charge is 0.455 e. The van der Waals surface area contributed by atoms with Gasteiger partial charge in [-0.15, -0.1) is 0 Å². The van der Waals surface area contributed by atoms with Gasteiger partial charge in [-0.05, 0) is 36.6 Å². The van der Waals surface area contributed by atoms with Crippen LogP contribution in [0.3, 0.4) is 0 Å². The van der Waals surface area contributed by atoms with E-state index in [0.29, 0.717) is 11.4 Å². The van der Waals surface area contributed by atoms with Crippen molar-refractivity contribution >= 4 is 17.5 Å². The number of hydrogen-bond acceptors (Lipinski definition) is 3. The number of aryl methyl sites for hydroxylation is 1. The Labute approximate surface area is 173 Å². The second kappa shape index (κ2) is 10.6. The predicted molar refractivity (Wildman–Crippen MR) is 116 cm³/mol. The molecule has 0 saturated heterocycles. The minimum Gasteiger partial charge on any atom is -0.455 e. The van der Waals surface area contributed by atoms with Crippen LogP contribution in [0.4, 0.5) is 5.69 Å². The molecule has 0 bridgehead atoms. The van der Waals surface area contributed by atoms with Gasteiger partial charge in [0, 0.05) is 12.2 Å². The lowest BCUT2D eigenvalue weighted by Crippen LogP contribution is -2.29. The third kappa shape index (κ3) is 5.57. The molecule has 0 aliphatic carbocycles. The van der Waals surface area contributed by atoms with Crippen molar-refractivity contribution < 1.29 is 14.3 Å². The Balaban J connectivity index is 1.66. The van der Waals surface area contributed by atoms with E-state index in [1.54, 1.807) is 18.2 Å². The minimum absolute atomic E-state index is 0.345. The number of nitrogens with zero attached hydrogens (tertiary/aromatic N) is 1. The van der Waals surface area contributed by atoms with E-state index in [9.17, 15) is 9.59 Å². The van der Waals surface area contributed by atoms with Gasteiger partial charge >= 0.3 is 0 Å². The van der Waals surface area contributed by atoms with E-state index in [1.165, 1.54) is 50.7 Å². The molecular formula is C25H29NO3. The molecule has 0 aromatic heterocycles. The molecule has 4 nitrogen and oxygen atoms in total. The Morgan fingerprint density at radius 2 is 1.31 bits per heavy atom. The van der Waals surface area contributed by atoms with Crippen molar-refractivity contribution in [1.29, 1.82) is 0 Å². The molecule has 1 aliphatic rings. The third-order valence-corrected chi connectivity index (χ3v) is 5.16. The fraction of sp³-hybridized carbons (Fsp3) is 0.360. The Bertz CT molecular complexity index is 854. The van der Waals surface area contributed by atoms with Gasteiger partial charge in [-0.1, -0.05) is 75.8 Å². The topological polar surface area (TPSA) is 46.6 Å². The number of unbranched alkanes of at least 4 members (excludes halogenated alkanes) is 6. The van der Waals surface area contributed by atoms with E-state index < -0.39 is 0 Å². The fourth-order valence-corrected chi connectivity index (χ4v) is 3.57. The lowest BCUT2D eigenvalue weighted by Gasteiger charge is -2.19. The van der Waals surface area contributed by atoms with Crippen molar-refractivity contribution in [2.75, 3.05) is 4.90 Å². The molecule has 0 radical (unpaired) electrons. The summed E-state index contributed by atoms with van der Waals surface area (Å²) in [6, 6.07) is 15.2. The quantitative estimate of drug-likeness (QED) is 0.338. The summed E-state index contributed by atoms with van der Waals surface area (Å²) in [7, 11) is 0. The van der Waals surface area contributed by atoms with Crippen LogP contribution < -0.4 is 9.64 Å². The van der Waals surface area contributed by atoms with Crippen molar-refractivity contribution in [3.8, 4) is 11.5 Å². The summed E-state index contributed by atoms with van der Waals surface area (Å²) in [5, 5.41) is 0. The Morgan fingerprint density at radius 3 is 2.03 bits per heavy atom. The molecule has 0 spiro atoms. The Kier molecular flexibility index (Phi) is 7.62. The second-order valence-corrected chi connectivity index (χ2v) is 7.39. The van der Waals surface area contributed by atoms with Gasteiger partial charge in [0.25, 0.3) is 11.8 Å². The van der Waals surface area contributed by atoms with Gasteiger partial charge in [0.05, 0.1) is 5.69 Å². The number of amides is 2. The normalized spacial score (nSPS) is 13.3. The number of carbonyl (C=O) groups is 2. The standard InChI is InChI=1S/C25H29NO3/c1-2-3-4-5-6-7-8-13-20-14-9-11-16-22(20)29-23-17-12-10-15-21(23)26-24(27)18-19-25(26)28/h9-12,14-19H,2-8,13H2,1H3. The van der Waals surface area contributed by atoms with E-state index in [1.807, 2.05) is 24.3 Å². The van der Waals surface area contributed by atoms with Gasteiger partial charge in [-0.25, -0.2) is 4.90 Å². The number of rotatable bonds is 11. The summed E-state index contributed by atoms with van der Waals surface area (Å²) in [6.45, 7) is 2.24. The van der Waals surface area contributed by atoms with Gasteiger partial charge in [0.15, 0.2) is 5.75 Å². The summed E-state index contributed by atoms with van der Waals surface area (Å²) < 4.78 is 6.19. The van der Waals surface area contributed by atoms with Crippen molar-refractivity contribution in [1.82, 2.24) is 0 Å². The van der Waals surface area contributed by atoms with E-state index in [4.69, 9.17) is 4.74 Å². The molecule has 29 heavy (non-hydrogen) atoms. The second-order valence-electron chi connectivity index (χ2n) is 7.39. The molecule has 2 aromatic rings. The lowest BCUT2D eigenvalue weighted by molar-refractivity contribution is -0.120. The number of hydrogen-bond donors (Lipinski definition) is 0.